The maximum Gasteiger partial charge on any atom is 0.231 e. The molecule has 3 rings (SSSR count). The molecule has 4 heteroatoms. The van der Waals surface area contributed by atoms with Gasteiger partial charge in [0.05, 0.1) is 0 Å². The van der Waals surface area contributed by atoms with Gasteiger partial charge in [-0.25, -0.2) is 4.98 Å². The molecule has 0 spiro atoms. The molecule has 0 N–H and O–H groups in total. The number of aromatic nitrogens is 1. The third kappa shape index (κ3) is 1.09. The summed E-state index contributed by atoms with van der Waals surface area (Å²) in [5, 5.41) is 2.49. The Labute approximate surface area is 85.2 Å². The second-order valence-corrected chi connectivity index (χ2v) is 3.45. The Bertz CT molecular complexity index is 513. The van der Waals surface area contributed by atoms with Crippen molar-refractivity contribution in [2.24, 2.45) is 0 Å². The molecule has 1 aromatic carbocycles. The number of pyridine rings is 1. The second kappa shape index (κ2) is 2.75. The minimum Gasteiger partial charge on any atom is -0.454 e. The van der Waals surface area contributed by atoms with Gasteiger partial charge in [0.15, 0.2) is 11.5 Å². The molecule has 1 aliphatic heterocycles. The molecule has 0 bridgehead atoms. The van der Waals surface area contributed by atoms with Gasteiger partial charge in [-0.15, -0.1) is 0 Å². The molecule has 70 valence electrons. The molecular formula is C10H6ClNO2. The predicted molar refractivity (Wildman–Crippen MR) is 52.9 cm³/mol. The minimum absolute atomic E-state index is 0.285. The van der Waals surface area contributed by atoms with Crippen LogP contribution in [0, 0.1) is 0 Å². The zero-order valence-electron chi connectivity index (χ0n) is 7.16. The van der Waals surface area contributed by atoms with Gasteiger partial charge in [0.1, 0.15) is 5.15 Å². The fraction of sp³-hybridized carbons (Fsp3) is 0.100. The van der Waals surface area contributed by atoms with Gasteiger partial charge >= 0.3 is 0 Å². The molecule has 0 saturated heterocycles. The maximum atomic E-state index is 5.79. The number of hydrogen-bond donors (Lipinski definition) is 0. The zero-order chi connectivity index (χ0) is 9.54. The van der Waals surface area contributed by atoms with Crippen molar-refractivity contribution in [2.45, 2.75) is 0 Å². The number of hydrogen-bond acceptors (Lipinski definition) is 3. The van der Waals surface area contributed by atoms with Gasteiger partial charge in [0, 0.05) is 11.6 Å². The van der Waals surface area contributed by atoms with Crippen molar-refractivity contribution in [2.75, 3.05) is 6.79 Å². The van der Waals surface area contributed by atoms with Crippen LogP contribution in [0.1, 0.15) is 0 Å². The van der Waals surface area contributed by atoms with Crippen LogP contribution in [-0.4, -0.2) is 11.8 Å². The number of benzene rings is 1. The van der Waals surface area contributed by atoms with E-state index in [1.165, 1.54) is 0 Å². The summed E-state index contributed by atoms with van der Waals surface area (Å²) in [5.74, 6) is 1.53. The van der Waals surface area contributed by atoms with E-state index >= 15 is 0 Å². The highest BCUT2D eigenvalue weighted by molar-refractivity contribution is 6.30. The Balaban J connectivity index is 2.33. The number of halogens is 1. The van der Waals surface area contributed by atoms with Gasteiger partial charge in [-0.05, 0) is 23.6 Å². The summed E-state index contributed by atoms with van der Waals surface area (Å²) in [6, 6.07) is 5.62. The highest BCUT2D eigenvalue weighted by Gasteiger charge is 2.13. The zero-order valence-corrected chi connectivity index (χ0v) is 7.91. The molecule has 0 unspecified atom stereocenters. The van der Waals surface area contributed by atoms with E-state index in [2.05, 4.69) is 4.98 Å². The van der Waals surface area contributed by atoms with E-state index in [4.69, 9.17) is 21.1 Å². The normalized spacial score (nSPS) is 13.5. The first-order chi connectivity index (χ1) is 6.83. The number of rotatable bonds is 0. The van der Waals surface area contributed by atoms with Crippen molar-refractivity contribution in [3.05, 3.63) is 29.5 Å². The molecule has 0 fully saturated rings. The Morgan fingerprint density at radius 1 is 1.07 bits per heavy atom. The number of ether oxygens (including phenoxy) is 2. The topological polar surface area (TPSA) is 31.4 Å². The Morgan fingerprint density at radius 3 is 2.57 bits per heavy atom. The summed E-state index contributed by atoms with van der Waals surface area (Å²) in [7, 11) is 0. The first-order valence-corrected chi connectivity index (χ1v) is 4.56. The third-order valence-corrected chi connectivity index (χ3v) is 2.39. The van der Waals surface area contributed by atoms with Crippen LogP contribution < -0.4 is 9.47 Å². The minimum atomic E-state index is 0.285. The van der Waals surface area contributed by atoms with Crippen LogP contribution in [0.3, 0.4) is 0 Å². The van der Waals surface area contributed by atoms with Gasteiger partial charge in [0.25, 0.3) is 0 Å². The summed E-state index contributed by atoms with van der Waals surface area (Å²) in [5.41, 5.74) is 0. The lowest BCUT2D eigenvalue weighted by atomic mass is 10.1. The summed E-state index contributed by atoms with van der Waals surface area (Å²) in [6.07, 6.45) is 1.72. The standard InChI is InChI=1S/C10H6ClNO2/c11-10-3-6-1-8-9(14-5-13-8)2-7(6)4-12-10/h1-4H,5H2. The van der Waals surface area contributed by atoms with E-state index in [-0.39, 0.29) is 6.79 Å². The molecule has 0 saturated carbocycles. The van der Waals surface area contributed by atoms with Crippen LogP contribution in [0.25, 0.3) is 10.8 Å². The first-order valence-electron chi connectivity index (χ1n) is 4.18. The van der Waals surface area contributed by atoms with Crippen LogP contribution in [0.5, 0.6) is 11.5 Å². The average molecular weight is 208 g/mol. The highest BCUT2D eigenvalue weighted by Crippen LogP contribution is 2.36. The van der Waals surface area contributed by atoms with Crippen LogP contribution in [0.15, 0.2) is 24.4 Å². The molecule has 0 radical (unpaired) electrons. The van der Waals surface area contributed by atoms with Crippen LogP contribution in [-0.2, 0) is 0 Å². The van der Waals surface area contributed by atoms with Crippen molar-refractivity contribution in [3.8, 4) is 11.5 Å². The smallest absolute Gasteiger partial charge is 0.231 e. The average Bonchev–Trinajstić information content (AvgIpc) is 2.61. The summed E-state index contributed by atoms with van der Waals surface area (Å²) >= 11 is 5.79. The van der Waals surface area contributed by atoms with Gasteiger partial charge in [-0.2, -0.15) is 0 Å². The maximum absolute atomic E-state index is 5.79. The van der Waals surface area contributed by atoms with Gasteiger partial charge < -0.3 is 9.47 Å². The van der Waals surface area contributed by atoms with Gasteiger partial charge in [-0.3, -0.25) is 0 Å². The molecular weight excluding hydrogens is 202 g/mol. The van der Waals surface area contributed by atoms with Crippen molar-refractivity contribution >= 4 is 22.4 Å². The van der Waals surface area contributed by atoms with E-state index in [9.17, 15) is 0 Å². The lowest BCUT2D eigenvalue weighted by Gasteiger charge is -2.00. The number of fused-ring (bicyclic) bond motifs is 2. The van der Waals surface area contributed by atoms with Crippen molar-refractivity contribution < 1.29 is 9.47 Å². The second-order valence-electron chi connectivity index (χ2n) is 3.06. The Hall–Kier alpha value is -1.48. The summed E-state index contributed by atoms with van der Waals surface area (Å²) in [4.78, 5) is 4.00. The van der Waals surface area contributed by atoms with E-state index in [1.54, 1.807) is 12.3 Å². The molecule has 2 aromatic rings. The van der Waals surface area contributed by atoms with E-state index < -0.39 is 0 Å². The van der Waals surface area contributed by atoms with Crippen LogP contribution >= 0.6 is 11.6 Å². The lowest BCUT2D eigenvalue weighted by Crippen LogP contribution is -1.92. The fourth-order valence-electron chi connectivity index (χ4n) is 1.51. The van der Waals surface area contributed by atoms with Crippen LogP contribution in [0.2, 0.25) is 5.15 Å². The van der Waals surface area contributed by atoms with Crippen molar-refractivity contribution in [3.63, 3.8) is 0 Å². The molecule has 0 aliphatic carbocycles. The number of nitrogens with zero attached hydrogens (tertiary/aromatic N) is 1. The molecule has 0 amide bonds. The molecule has 0 atom stereocenters. The molecule has 2 heterocycles. The first kappa shape index (κ1) is 7.88. The lowest BCUT2D eigenvalue weighted by molar-refractivity contribution is 0.174. The van der Waals surface area contributed by atoms with Crippen molar-refractivity contribution in [1.82, 2.24) is 4.98 Å². The summed E-state index contributed by atoms with van der Waals surface area (Å²) < 4.78 is 10.5. The molecule has 1 aliphatic rings. The van der Waals surface area contributed by atoms with Gasteiger partial charge in [0.2, 0.25) is 6.79 Å². The Kier molecular flexibility index (Phi) is 1.55. The van der Waals surface area contributed by atoms with Crippen LogP contribution in [0.4, 0.5) is 0 Å². The molecule has 1 aromatic heterocycles. The quantitative estimate of drug-likeness (QED) is 0.623. The largest absolute Gasteiger partial charge is 0.454 e. The Morgan fingerprint density at radius 2 is 1.79 bits per heavy atom. The van der Waals surface area contributed by atoms with Gasteiger partial charge in [-0.1, -0.05) is 11.6 Å². The summed E-state index contributed by atoms with van der Waals surface area (Å²) in [6.45, 7) is 0.285. The van der Waals surface area contributed by atoms with E-state index in [0.717, 1.165) is 22.3 Å². The SMILES string of the molecule is Clc1cc2cc3c(cc2cn1)OCO3. The van der Waals surface area contributed by atoms with E-state index in [0.29, 0.717) is 5.15 Å². The van der Waals surface area contributed by atoms with E-state index in [1.807, 2.05) is 12.1 Å². The highest BCUT2D eigenvalue weighted by atomic mass is 35.5. The molecule has 14 heavy (non-hydrogen) atoms. The molecule has 3 nitrogen and oxygen atoms in total. The van der Waals surface area contributed by atoms with Crippen molar-refractivity contribution in [1.29, 1.82) is 0 Å². The predicted octanol–water partition coefficient (Wildman–Crippen LogP) is 2.62. The monoisotopic (exact) mass is 207 g/mol. The third-order valence-electron chi connectivity index (χ3n) is 2.18. The fourth-order valence-corrected chi connectivity index (χ4v) is 1.67.